The summed E-state index contributed by atoms with van der Waals surface area (Å²) in [6.07, 6.45) is -4.46. The zero-order valence-electron chi connectivity index (χ0n) is 17.5. The molecule has 3 N–H and O–H groups in total. The molecule has 0 radical (unpaired) electrons. The Bertz CT molecular complexity index is 1120. The van der Waals surface area contributed by atoms with Crippen LogP contribution in [-0.4, -0.2) is 34.7 Å². The second-order valence-electron chi connectivity index (χ2n) is 7.81. The van der Waals surface area contributed by atoms with Gasteiger partial charge in [-0.2, -0.15) is 13.2 Å². The summed E-state index contributed by atoms with van der Waals surface area (Å²) in [6.45, 7) is 5.43. The van der Waals surface area contributed by atoms with Crippen LogP contribution >= 0.6 is 0 Å². The highest BCUT2D eigenvalue weighted by Gasteiger charge is 2.65. The second-order valence-corrected chi connectivity index (χ2v) is 7.81. The van der Waals surface area contributed by atoms with Gasteiger partial charge in [0.2, 0.25) is 0 Å². The third kappa shape index (κ3) is 4.20. The van der Waals surface area contributed by atoms with Gasteiger partial charge in [-0.3, -0.25) is 14.6 Å². The first-order valence-corrected chi connectivity index (χ1v) is 9.73. The van der Waals surface area contributed by atoms with Gasteiger partial charge in [0.15, 0.2) is 17.2 Å². The normalized spacial score (nSPS) is 25.0. The van der Waals surface area contributed by atoms with Crippen LogP contribution in [0.5, 0.6) is 0 Å². The fraction of sp³-hybridized carbons (Fsp3) is 0.318. The molecule has 1 saturated heterocycles. The highest BCUT2D eigenvalue weighted by molar-refractivity contribution is 5.97. The van der Waals surface area contributed by atoms with Gasteiger partial charge < -0.3 is 15.8 Å². The molecule has 33 heavy (non-hydrogen) atoms. The molecule has 1 aromatic carbocycles. The molecule has 1 aliphatic heterocycles. The van der Waals surface area contributed by atoms with Gasteiger partial charge >= 0.3 is 6.18 Å². The highest BCUT2D eigenvalue weighted by Crippen LogP contribution is 2.54. The van der Waals surface area contributed by atoms with Crippen molar-refractivity contribution in [3.05, 3.63) is 65.5 Å². The van der Waals surface area contributed by atoms with E-state index in [0.717, 1.165) is 31.2 Å². The molecule has 1 aliphatic rings. The van der Waals surface area contributed by atoms with Crippen LogP contribution < -0.4 is 11.1 Å². The number of benzene rings is 1. The zero-order chi connectivity index (χ0) is 24.7. The molecule has 0 bridgehead atoms. The number of pyridine rings is 1. The topological polar surface area (TPSA) is 94.3 Å². The van der Waals surface area contributed by atoms with E-state index in [1.54, 1.807) is 0 Å². The second kappa shape index (κ2) is 8.54. The summed E-state index contributed by atoms with van der Waals surface area (Å²) in [5.74, 6) is -7.05. The Kier molecular flexibility index (Phi) is 6.29. The molecule has 2 aromatic rings. The first-order valence-electron chi connectivity index (χ1n) is 9.73. The van der Waals surface area contributed by atoms with Crippen LogP contribution in [0.3, 0.4) is 0 Å². The average molecular weight is 469 g/mol. The van der Waals surface area contributed by atoms with Crippen LogP contribution in [0, 0.1) is 17.6 Å². The van der Waals surface area contributed by atoms with Gasteiger partial charge in [0, 0.05) is 29.3 Å². The van der Waals surface area contributed by atoms with Gasteiger partial charge in [-0.1, -0.05) is 25.6 Å². The fourth-order valence-electron chi connectivity index (χ4n) is 3.96. The third-order valence-corrected chi connectivity index (χ3v) is 5.94. The number of anilines is 1. The monoisotopic (exact) mass is 469 g/mol. The summed E-state index contributed by atoms with van der Waals surface area (Å²) in [5, 5.41) is 2.38. The predicted octanol–water partition coefficient (Wildman–Crippen LogP) is 4.18. The predicted molar refractivity (Wildman–Crippen MR) is 109 cm³/mol. The summed E-state index contributed by atoms with van der Waals surface area (Å²) in [7, 11) is 0. The van der Waals surface area contributed by atoms with Crippen LogP contribution in [0.1, 0.15) is 41.4 Å². The molecule has 3 rings (SSSR count). The van der Waals surface area contributed by atoms with Gasteiger partial charge in [-0.15, -0.1) is 0 Å². The number of rotatable bonds is 5. The minimum Gasteiger partial charge on any atom is -0.364 e. The quantitative estimate of drug-likeness (QED) is 0.643. The minimum atomic E-state index is -4.87. The SMILES string of the molecule is C=Cc1c([C@H]2[C@@H](C)[C@](C)(C(F)(F)F)O[C@H]2C(=O)Nc2ccnc(C(N)=O)c2)ccc(F)c1F. The number of carbonyl (C=O) groups is 2. The molecule has 1 fully saturated rings. The first kappa shape index (κ1) is 24.3. The van der Waals surface area contributed by atoms with E-state index in [1.807, 2.05) is 0 Å². The first-order chi connectivity index (χ1) is 15.3. The van der Waals surface area contributed by atoms with Crippen molar-refractivity contribution in [2.24, 2.45) is 11.7 Å². The molecule has 11 heteroatoms. The maximum absolute atomic E-state index is 14.4. The Labute approximate surface area is 185 Å². The molecule has 176 valence electrons. The van der Waals surface area contributed by atoms with Crippen molar-refractivity contribution in [2.75, 3.05) is 5.32 Å². The van der Waals surface area contributed by atoms with Gasteiger partial charge in [-0.05, 0) is 30.7 Å². The molecule has 0 saturated carbocycles. The summed E-state index contributed by atoms with van der Waals surface area (Å²) in [6, 6.07) is 4.32. The van der Waals surface area contributed by atoms with E-state index in [0.29, 0.717) is 0 Å². The molecule has 0 spiro atoms. The Morgan fingerprint density at radius 1 is 1.27 bits per heavy atom. The standard InChI is InChI=1S/C22H20F5N3O3/c1-4-12-13(5-6-14(23)17(12)24)16-10(2)21(3,22(25,26)27)33-18(16)20(32)30-11-7-8-29-15(9-11)19(28)31/h4-10,16,18H,1H2,2-3H3,(H2,28,31)(H,29,30,32)/t10-,16-,18-,21-/m1/s1. The molecular formula is C22H20F5N3O3. The number of halogens is 5. The smallest absolute Gasteiger partial charge is 0.364 e. The maximum Gasteiger partial charge on any atom is 0.417 e. The number of amides is 2. The lowest BCUT2D eigenvalue weighted by molar-refractivity contribution is -0.272. The summed E-state index contributed by atoms with van der Waals surface area (Å²) >= 11 is 0. The third-order valence-electron chi connectivity index (χ3n) is 5.94. The lowest BCUT2D eigenvalue weighted by Crippen LogP contribution is -2.47. The van der Waals surface area contributed by atoms with E-state index >= 15 is 0 Å². The lowest BCUT2D eigenvalue weighted by Gasteiger charge is -2.32. The van der Waals surface area contributed by atoms with Gasteiger partial charge in [0.25, 0.3) is 11.8 Å². The Morgan fingerprint density at radius 3 is 2.52 bits per heavy atom. The fourth-order valence-corrected chi connectivity index (χ4v) is 3.96. The molecule has 1 aromatic heterocycles. The largest absolute Gasteiger partial charge is 0.417 e. The number of primary amides is 1. The Hall–Kier alpha value is -3.34. The summed E-state index contributed by atoms with van der Waals surface area (Å²) in [4.78, 5) is 28.1. The van der Waals surface area contributed by atoms with Crippen molar-refractivity contribution in [2.45, 2.75) is 37.6 Å². The molecule has 4 atom stereocenters. The number of hydrogen-bond acceptors (Lipinski definition) is 4. The van der Waals surface area contributed by atoms with E-state index in [4.69, 9.17) is 10.5 Å². The molecule has 6 nitrogen and oxygen atoms in total. The van der Waals surface area contributed by atoms with Crippen molar-refractivity contribution in [1.29, 1.82) is 0 Å². The minimum absolute atomic E-state index is 0.0358. The van der Waals surface area contributed by atoms with Crippen LogP contribution in [0.2, 0.25) is 0 Å². The summed E-state index contributed by atoms with van der Waals surface area (Å²) < 4.78 is 75.3. The number of alkyl halides is 3. The van der Waals surface area contributed by atoms with E-state index in [9.17, 15) is 31.5 Å². The van der Waals surface area contributed by atoms with Crippen molar-refractivity contribution in [3.63, 3.8) is 0 Å². The van der Waals surface area contributed by atoms with E-state index in [2.05, 4.69) is 16.9 Å². The molecule has 0 unspecified atom stereocenters. The number of nitrogens with zero attached hydrogens (tertiary/aromatic N) is 1. The van der Waals surface area contributed by atoms with Crippen molar-refractivity contribution in [1.82, 2.24) is 4.98 Å². The number of nitrogens with one attached hydrogen (secondary N) is 1. The number of carbonyl (C=O) groups excluding carboxylic acids is 2. The van der Waals surface area contributed by atoms with E-state index in [1.165, 1.54) is 19.2 Å². The van der Waals surface area contributed by atoms with Crippen LogP contribution in [0.25, 0.3) is 6.08 Å². The van der Waals surface area contributed by atoms with Crippen LogP contribution in [-0.2, 0) is 9.53 Å². The zero-order valence-corrected chi connectivity index (χ0v) is 17.5. The highest BCUT2D eigenvalue weighted by atomic mass is 19.4. The summed E-state index contributed by atoms with van der Waals surface area (Å²) in [5.41, 5.74) is 1.83. The van der Waals surface area contributed by atoms with Gasteiger partial charge in [0.05, 0.1) is 0 Å². The molecule has 0 aliphatic carbocycles. The van der Waals surface area contributed by atoms with E-state index < -0.39 is 53.2 Å². The van der Waals surface area contributed by atoms with Crippen molar-refractivity contribution in [3.8, 4) is 0 Å². The average Bonchev–Trinajstić information content (AvgIpc) is 3.02. The van der Waals surface area contributed by atoms with Gasteiger partial charge in [0.1, 0.15) is 11.8 Å². The molecule has 2 amide bonds. The number of hydrogen-bond donors (Lipinski definition) is 2. The van der Waals surface area contributed by atoms with Crippen LogP contribution in [0.4, 0.5) is 27.6 Å². The van der Waals surface area contributed by atoms with E-state index in [-0.39, 0.29) is 22.5 Å². The number of nitrogens with two attached hydrogens (primary N) is 1. The molecular weight excluding hydrogens is 449 g/mol. The number of ether oxygens (including phenoxy) is 1. The van der Waals surface area contributed by atoms with Crippen molar-refractivity contribution < 1.29 is 36.3 Å². The number of aromatic nitrogens is 1. The Balaban J connectivity index is 2.08. The lowest BCUT2D eigenvalue weighted by atomic mass is 9.75. The maximum atomic E-state index is 14.4. The van der Waals surface area contributed by atoms with Crippen molar-refractivity contribution >= 4 is 23.6 Å². The van der Waals surface area contributed by atoms with Crippen LogP contribution in [0.15, 0.2) is 37.0 Å². The van der Waals surface area contributed by atoms with Gasteiger partial charge in [-0.25, -0.2) is 8.78 Å². The Morgan fingerprint density at radius 2 is 1.94 bits per heavy atom. The molecule has 2 heterocycles.